The highest BCUT2D eigenvalue weighted by Gasteiger charge is 2.28. The van der Waals surface area contributed by atoms with Crippen LogP contribution in [0, 0.1) is 0 Å². The van der Waals surface area contributed by atoms with Crippen LogP contribution >= 0.6 is 0 Å². The van der Waals surface area contributed by atoms with Crippen LogP contribution in [-0.2, 0) is 11.2 Å². The van der Waals surface area contributed by atoms with Crippen molar-refractivity contribution in [3.05, 3.63) is 47.2 Å². The Morgan fingerprint density at radius 3 is 2.81 bits per heavy atom. The summed E-state index contributed by atoms with van der Waals surface area (Å²) in [6.07, 6.45) is 10.3. The van der Waals surface area contributed by atoms with E-state index < -0.39 is 5.97 Å². The Morgan fingerprint density at radius 2 is 2.19 bits per heavy atom. The van der Waals surface area contributed by atoms with Gasteiger partial charge in [-0.25, -0.2) is 4.79 Å². The van der Waals surface area contributed by atoms with E-state index in [1.54, 1.807) is 0 Å². The molecular weight excluding hydrogens is 328 g/mol. The number of unbranched alkanes of at least 4 members (excludes halogenated alkanes) is 2. The Labute approximate surface area is 156 Å². The largest absolute Gasteiger partial charge is 0.507 e. The third-order valence-electron chi connectivity index (χ3n) is 4.98. The van der Waals surface area contributed by atoms with E-state index in [1.807, 2.05) is 6.07 Å². The van der Waals surface area contributed by atoms with E-state index in [4.69, 9.17) is 9.47 Å². The number of carbonyl (C=O) groups excluding carboxylic acids is 1. The molecule has 4 nitrogen and oxygen atoms in total. The Kier molecular flexibility index (Phi) is 7.31. The zero-order valence-corrected chi connectivity index (χ0v) is 16.1. The smallest absolute Gasteiger partial charge is 0.341 e. The van der Waals surface area contributed by atoms with E-state index >= 15 is 0 Å². The molecule has 1 aromatic carbocycles. The average Bonchev–Trinajstić information content (AvgIpc) is 2.61. The van der Waals surface area contributed by atoms with Crippen molar-refractivity contribution in [2.24, 2.45) is 0 Å². The molecule has 0 spiro atoms. The molecule has 0 fully saturated rings. The Bertz CT molecular complexity index is 688. The molecule has 0 heterocycles. The van der Waals surface area contributed by atoms with Gasteiger partial charge in [-0.05, 0) is 50.7 Å². The number of aromatic hydroxyl groups is 1. The number of aryl methyl sites for hydroxylation is 1. The molecule has 1 aromatic rings. The summed E-state index contributed by atoms with van der Waals surface area (Å²) in [6.45, 7) is 7.88. The van der Waals surface area contributed by atoms with Crippen molar-refractivity contribution in [1.29, 1.82) is 0 Å². The van der Waals surface area contributed by atoms with Crippen LogP contribution in [0.15, 0.2) is 30.6 Å². The molecular formula is C22H30O4. The summed E-state index contributed by atoms with van der Waals surface area (Å²) < 4.78 is 10.6. The highest BCUT2D eigenvalue weighted by Crippen LogP contribution is 2.44. The lowest BCUT2D eigenvalue weighted by Crippen LogP contribution is -2.12. The zero-order valence-electron chi connectivity index (χ0n) is 16.1. The highest BCUT2D eigenvalue weighted by molar-refractivity contribution is 5.95. The maximum Gasteiger partial charge on any atom is 0.341 e. The molecule has 4 heteroatoms. The van der Waals surface area contributed by atoms with Gasteiger partial charge in [0.15, 0.2) is 0 Å². The highest BCUT2D eigenvalue weighted by atomic mass is 16.5. The summed E-state index contributed by atoms with van der Waals surface area (Å²) in [5.41, 5.74) is 2.98. The third-order valence-corrected chi connectivity index (χ3v) is 4.98. The van der Waals surface area contributed by atoms with Crippen molar-refractivity contribution < 1.29 is 19.4 Å². The minimum absolute atomic E-state index is 0.0151. The maximum atomic E-state index is 12.4. The van der Waals surface area contributed by atoms with E-state index in [0.717, 1.165) is 44.1 Å². The number of rotatable bonds is 8. The monoisotopic (exact) mass is 358 g/mol. The molecule has 0 aliphatic heterocycles. The molecule has 0 radical (unpaired) electrons. The van der Waals surface area contributed by atoms with Gasteiger partial charge >= 0.3 is 5.97 Å². The molecule has 0 amide bonds. The minimum atomic E-state index is -0.503. The average molecular weight is 358 g/mol. The van der Waals surface area contributed by atoms with Crippen LogP contribution in [0.4, 0.5) is 0 Å². The van der Waals surface area contributed by atoms with Gasteiger partial charge in [-0.1, -0.05) is 38.0 Å². The number of phenolic OH excluding ortho intramolecular Hbond substituents is 1. The van der Waals surface area contributed by atoms with Crippen molar-refractivity contribution in [3.63, 3.8) is 0 Å². The van der Waals surface area contributed by atoms with Crippen molar-refractivity contribution >= 4 is 5.97 Å². The minimum Gasteiger partial charge on any atom is -0.507 e. The van der Waals surface area contributed by atoms with Crippen LogP contribution in [0.5, 0.6) is 11.5 Å². The quantitative estimate of drug-likeness (QED) is 0.282. The van der Waals surface area contributed by atoms with E-state index in [1.165, 1.54) is 18.9 Å². The van der Waals surface area contributed by atoms with Crippen molar-refractivity contribution in [2.75, 3.05) is 7.11 Å². The summed E-state index contributed by atoms with van der Waals surface area (Å²) in [5.74, 6) is 0.0787. The van der Waals surface area contributed by atoms with E-state index in [9.17, 15) is 9.90 Å². The number of ether oxygens (including phenoxy) is 2. The van der Waals surface area contributed by atoms with Crippen LogP contribution in [0.2, 0.25) is 0 Å². The molecule has 0 saturated carbocycles. The first-order chi connectivity index (χ1) is 12.5. The SMILES string of the molecule is C=COc1cc(CCCCC)c(C(=O)OC)c(O)c1C1C=C(C)CCC1. The number of hydrogen-bond donors (Lipinski definition) is 1. The van der Waals surface area contributed by atoms with Crippen LogP contribution in [0.25, 0.3) is 0 Å². The number of esters is 1. The fourth-order valence-electron chi connectivity index (χ4n) is 3.69. The molecule has 1 N–H and O–H groups in total. The van der Waals surface area contributed by atoms with Gasteiger partial charge in [0.1, 0.15) is 17.1 Å². The first kappa shape index (κ1) is 20.1. The fraction of sp³-hybridized carbons (Fsp3) is 0.500. The molecule has 1 atom stereocenters. The Balaban J connectivity index is 2.60. The van der Waals surface area contributed by atoms with E-state index in [0.29, 0.717) is 17.7 Å². The van der Waals surface area contributed by atoms with Crippen molar-refractivity contribution in [2.45, 2.75) is 64.7 Å². The van der Waals surface area contributed by atoms with Gasteiger partial charge in [-0.15, -0.1) is 0 Å². The second-order valence-electron chi connectivity index (χ2n) is 6.92. The zero-order chi connectivity index (χ0) is 19.1. The predicted molar refractivity (Wildman–Crippen MR) is 104 cm³/mol. The lowest BCUT2D eigenvalue weighted by Gasteiger charge is -2.25. The second-order valence-corrected chi connectivity index (χ2v) is 6.92. The summed E-state index contributed by atoms with van der Waals surface area (Å²) in [6, 6.07) is 1.87. The molecule has 0 bridgehead atoms. The Morgan fingerprint density at radius 1 is 1.42 bits per heavy atom. The summed E-state index contributed by atoms with van der Waals surface area (Å²) >= 11 is 0. The topological polar surface area (TPSA) is 55.8 Å². The molecule has 1 aliphatic rings. The van der Waals surface area contributed by atoms with Gasteiger partial charge in [-0.3, -0.25) is 0 Å². The first-order valence-corrected chi connectivity index (χ1v) is 9.45. The number of allylic oxidation sites excluding steroid dienone is 2. The van der Waals surface area contributed by atoms with Crippen molar-refractivity contribution in [1.82, 2.24) is 0 Å². The second kappa shape index (κ2) is 9.46. The fourth-order valence-corrected chi connectivity index (χ4v) is 3.69. The lowest BCUT2D eigenvalue weighted by atomic mass is 9.83. The number of carbonyl (C=O) groups is 1. The van der Waals surface area contributed by atoms with Gasteiger partial charge in [0, 0.05) is 11.5 Å². The van der Waals surface area contributed by atoms with Crippen LogP contribution in [0.3, 0.4) is 0 Å². The van der Waals surface area contributed by atoms with Gasteiger partial charge in [0.05, 0.1) is 13.4 Å². The van der Waals surface area contributed by atoms with Crippen LogP contribution < -0.4 is 4.74 Å². The number of phenols is 1. The molecule has 26 heavy (non-hydrogen) atoms. The van der Waals surface area contributed by atoms with E-state index in [-0.39, 0.29) is 17.2 Å². The van der Waals surface area contributed by atoms with Gasteiger partial charge in [0.25, 0.3) is 0 Å². The van der Waals surface area contributed by atoms with E-state index in [2.05, 4.69) is 26.5 Å². The summed E-state index contributed by atoms with van der Waals surface area (Å²) in [5, 5.41) is 11.0. The van der Waals surface area contributed by atoms with Gasteiger partial charge in [0.2, 0.25) is 0 Å². The van der Waals surface area contributed by atoms with Crippen LogP contribution in [-0.4, -0.2) is 18.2 Å². The summed E-state index contributed by atoms with van der Waals surface area (Å²) in [4.78, 5) is 12.4. The van der Waals surface area contributed by atoms with Gasteiger partial charge < -0.3 is 14.6 Å². The maximum absolute atomic E-state index is 12.4. The molecule has 1 unspecified atom stereocenters. The molecule has 0 saturated heterocycles. The lowest BCUT2D eigenvalue weighted by molar-refractivity contribution is 0.0595. The van der Waals surface area contributed by atoms with Crippen molar-refractivity contribution in [3.8, 4) is 11.5 Å². The van der Waals surface area contributed by atoms with Gasteiger partial charge in [-0.2, -0.15) is 0 Å². The first-order valence-electron chi connectivity index (χ1n) is 9.45. The number of methoxy groups -OCH3 is 1. The predicted octanol–water partition coefficient (Wildman–Crippen LogP) is 5.65. The molecule has 0 aromatic heterocycles. The molecule has 2 rings (SSSR count). The number of hydrogen-bond acceptors (Lipinski definition) is 4. The standard InChI is InChI=1S/C22H30O4/c1-5-7-8-11-17-14-18(26-6-2)19(16-12-9-10-15(3)13-16)21(23)20(17)22(24)25-4/h6,13-14,16,23H,2,5,7-12H2,1,3-4H3. The third kappa shape index (κ3) is 4.48. The normalized spacial score (nSPS) is 16.7. The Hall–Kier alpha value is -2.23. The molecule has 1 aliphatic carbocycles. The summed E-state index contributed by atoms with van der Waals surface area (Å²) in [7, 11) is 1.34. The molecule has 142 valence electrons. The van der Waals surface area contributed by atoms with Crippen LogP contribution in [0.1, 0.15) is 79.8 Å². The number of benzene rings is 1.